The minimum absolute atomic E-state index is 0.0543. The quantitative estimate of drug-likeness (QED) is 0.445. The third-order valence-corrected chi connectivity index (χ3v) is 6.33. The van der Waals surface area contributed by atoms with Crippen LogP contribution in [0.5, 0.6) is 0 Å². The van der Waals surface area contributed by atoms with E-state index in [1.165, 1.54) is 0 Å². The van der Waals surface area contributed by atoms with Crippen LogP contribution in [0.4, 0.5) is 4.79 Å². The van der Waals surface area contributed by atoms with E-state index < -0.39 is 24.1 Å². The maximum absolute atomic E-state index is 12.9. The number of amides is 2. The molecule has 2 aromatic carbocycles. The van der Waals surface area contributed by atoms with Gasteiger partial charge in [-0.3, -0.25) is 9.59 Å². The Morgan fingerprint density at radius 2 is 1.56 bits per heavy atom. The number of fused-ring (bicyclic) bond motifs is 3. The molecule has 7 heteroatoms. The first-order chi connectivity index (χ1) is 16.3. The second-order valence-electron chi connectivity index (χ2n) is 9.12. The summed E-state index contributed by atoms with van der Waals surface area (Å²) < 4.78 is 5.59. The summed E-state index contributed by atoms with van der Waals surface area (Å²) >= 11 is 0. The molecule has 0 saturated heterocycles. The maximum atomic E-state index is 12.9. The van der Waals surface area contributed by atoms with Gasteiger partial charge in [-0.25, -0.2) is 4.79 Å². The third-order valence-electron chi connectivity index (χ3n) is 6.33. The number of alkyl carbamates (subject to hydrolysis) is 1. The lowest BCUT2D eigenvalue weighted by molar-refractivity contribution is -0.138. The SMILES string of the molecule is CCCCC(NC(=O)OCC1c2ccccc2-c2ccccc21)C(=O)N[C@H](CC(=O)O)C(C)C. The fraction of sp³-hybridized carbons (Fsp3) is 0.444. The van der Waals surface area contributed by atoms with Crippen LogP contribution in [-0.2, 0) is 14.3 Å². The zero-order chi connectivity index (χ0) is 24.7. The van der Waals surface area contributed by atoms with Gasteiger partial charge in [0.2, 0.25) is 5.91 Å². The normalized spacial score (nSPS) is 14.1. The van der Waals surface area contributed by atoms with Crippen LogP contribution in [0.1, 0.15) is 63.5 Å². The van der Waals surface area contributed by atoms with Crippen LogP contribution in [-0.4, -0.2) is 41.8 Å². The van der Waals surface area contributed by atoms with Crippen LogP contribution >= 0.6 is 0 Å². The van der Waals surface area contributed by atoms with Crippen LogP contribution < -0.4 is 10.6 Å². The zero-order valence-corrected chi connectivity index (χ0v) is 20.0. The van der Waals surface area contributed by atoms with Crippen LogP contribution in [0.2, 0.25) is 0 Å². The van der Waals surface area contributed by atoms with Gasteiger partial charge >= 0.3 is 12.1 Å². The van der Waals surface area contributed by atoms with E-state index in [4.69, 9.17) is 9.84 Å². The molecule has 3 rings (SSSR count). The van der Waals surface area contributed by atoms with Gasteiger partial charge in [-0.2, -0.15) is 0 Å². The fourth-order valence-electron chi connectivity index (χ4n) is 4.38. The first kappa shape index (κ1) is 25.3. The van der Waals surface area contributed by atoms with Crippen molar-refractivity contribution in [1.29, 1.82) is 0 Å². The van der Waals surface area contributed by atoms with Crippen molar-refractivity contribution in [3.05, 3.63) is 59.7 Å². The van der Waals surface area contributed by atoms with E-state index in [0.29, 0.717) is 6.42 Å². The van der Waals surface area contributed by atoms with Crippen LogP contribution in [0.25, 0.3) is 11.1 Å². The van der Waals surface area contributed by atoms with Crippen molar-refractivity contribution < 1.29 is 24.2 Å². The molecule has 0 fully saturated rings. The van der Waals surface area contributed by atoms with E-state index in [2.05, 4.69) is 22.8 Å². The Morgan fingerprint density at radius 1 is 0.971 bits per heavy atom. The number of benzene rings is 2. The molecule has 2 aromatic rings. The Balaban J connectivity index is 1.65. The molecule has 0 saturated carbocycles. The predicted molar refractivity (Wildman–Crippen MR) is 131 cm³/mol. The van der Waals surface area contributed by atoms with Crippen molar-refractivity contribution >= 4 is 18.0 Å². The molecule has 2 atom stereocenters. The van der Waals surface area contributed by atoms with Crippen molar-refractivity contribution in [2.75, 3.05) is 6.61 Å². The molecule has 1 unspecified atom stereocenters. The van der Waals surface area contributed by atoms with Gasteiger partial charge in [0.15, 0.2) is 0 Å². The highest BCUT2D eigenvalue weighted by Gasteiger charge is 2.30. The van der Waals surface area contributed by atoms with Crippen molar-refractivity contribution in [2.24, 2.45) is 5.92 Å². The topological polar surface area (TPSA) is 105 Å². The summed E-state index contributed by atoms with van der Waals surface area (Å²) in [6.45, 7) is 5.88. The largest absolute Gasteiger partial charge is 0.481 e. The van der Waals surface area contributed by atoms with Gasteiger partial charge in [-0.05, 0) is 34.6 Å². The summed E-state index contributed by atoms with van der Waals surface area (Å²) in [4.78, 5) is 36.7. The van der Waals surface area contributed by atoms with E-state index in [9.17, 15) is 14.4 Å². The number of ether oxygens (including phenoxy) is 1. The summed E-state index contributed by atoms with van der Waals surface area (Å²) in [7, 11) is 0. The van der Waals surface area contributed by atoms with E-state index in [0.717, 1.165) is 35.1 Å². The highest BCUT2D eigenvalue weighted by Crippen LogP contribution is 2.44. The van der Waals surface area contributed by atoms with Crippen molar-refractivity contribution in [3.63, 3.8) is 0 Å². The summed E-state index contributed by atoms with van der Waals surface area (Å²) in [5.74, 6) is -1.49. The second kappa shape index (κ2) is 11.7. The number of aliphatic carboxylic acids is 1. The summed E-state index contributed by atoms with van der Waals surface area (Å²) in [6.07, 6.45) is 1.22. The molecule has 3 N–H and O–H groups in total. The van der Waals surface area contributed by atoms with Crippen molar-refractivity contribution in [3.8, 4) is 11.1 Å². The number of unbranched alkanes of at least 4 members (excludes halogenated alkanes) is 1. The molecule has 0 heterocycles. The van der Waals surface area contributed by atoms with Gasteiger partial charge in [-0.1, -0.05) is 82.1 Å². The molecule has 7 nitrogen and oxygen atoms in total. The van der Waals surface area contributed by atoms with Crippen LogP contribution in [0.3, 0.4) is 0 Å². The monoisotopic (exact) mass is 466 g/mol. The average Bonchev–Trinajstić information content (AvgIpc) is 3.13. The Hall–Kier alpha value is -3.35. The molecule has 34 heavy (non-hydrogen) atoms. The molecule has 0 aromatic heterocycles. The van der Waals surface area contributed by atoms with E-state index >= 15 is 0 Å². The lowest BCUT2D eigenvalue weighted by Gasteiger charge is -2.25. The number of rotatable bonds is 11. The molecule has 0 aliphatic heterocycles. The standard InChI is InChI=1S/C27H34N2O5/c1-4-5-14-23(26(32)28-24(17(2)3)15-25(30)31)29-27(33)34-16-22-20-12-8-6-10-18(20)19-11-7-9-13-21(19)22/h6-13,17,22-24H,4-5,14-16H2,1-3H3,(H,28,32)(H,29,33)(H,30,31)/t23?,24-/m1/s1. The van der Waals surface area contributed by atoms with Gasteiger partial charge in [0.05, 0.1) is 6.42 Å². The molecule has 0 radical (unpaired) electrons. The Kier molecular flexibility index (Phi) is 8.68. The molecule has 1 aliphatic carbocycles. The summed E-state index contributed by atoms with van der Waals surface area (Å²) in [5.41, 5.74) is 4.52. The van der Waals surface area contributed by atoms with Crippen molar-refractivity contribution in [1.82, 2.24) is 10.6 Å². The molecular formula is C27H34N2O5. The number of carbonyl (C=O) groups is 3. The van der Waals surface area contributed by atoms with Crippen LogP contribution in [0, 0.1) is 5.92 Å². The van der Waals surface area contributed by atoms with Crippen LogP contribution in [0.15, 0.2) is 48.5 Å². The first-order valence-corrected chi connectivity index (χ1v) is 12.0. The lowest BCUT2D eigenvalue weighted by Crippen LogP contribution is -2.51. The molecule has 2 amide bonds. The van der Waals surface area contributed by atoms with E-state index in [1.54, 1.807) is 0 Å². The predicted octanol–water partition coefficient (Wildman–Crippen LogP) is 4.70. The minimum Gasteiger partial charge on any atom is -0.481 e. The Bertz CT molecular complexity index is 974. The number of carbonyl (C=O) groups excluding carboxylic acids is 2. The van der Waals surface area contributed by atoms with Gasteiger partial charge in [0, 0.05) is 12.0 Å². The summed E-state index contributed by atoms with van der Waals surface area (Å²) in [6, 6.07) is 14.9. The third kappa shape index (κ3) is 6.16. The number of hydrogen-bond donors (Lipinski definition) is 3. The van der Waals surface area contributed by atoms with E-state index in [1.807, 2.05) is 57.2 Å². The van der Waals surface area contributed by atoms with Gasteiger partial charge < -0.3 is 20.5 Å². The van der Waals surface area contributed by atoms with Gasteiger partial charge in [0.25, 0.3) is 0 Å². The molecule has 0 spiro atoms. The fourth-order valence-corrected chi connectivity index (χ4v) is 4.38. The highest BCUT2D eigenvalue weighted by atomic mass is 16.5. The Morgan fingerprint density at radius 3 is 2.09 bits per heavy atom. The number of carboxylic acids is 1. The molecule has 182 valence electrons. The first-order valence-electron chi connectivity index (χ1n) is 12.0. The number of nitrogens with one attached hydrogen (secondary N) is 2. The zero-order valence-electron chi connectivity index (χ0n) is 20.0. The van der Waals surface area contributed by atoms with Gasteiger partial charge in [-0.15, -0.1) is 0 Å². The average molecular weight is 467 g/mol. The minimum atomic E-state index is -0.978. The number of hydrogen-bond acceptors (Lipinski definition) is 4. The van der Waals surface area contributed by atoms with E-state index in [-0.39, 0.29) is 30.8 Å². The maximum Gasteiger partial charge on any atom is 0.407 e. The molecule has 1 aliphatic rings. The molecule has 0 bridgehead atoms. The smallest absolute Gasteiger partial charge is 0.407 e. The van der Waals surface area contributed by atoms with Gasteiger partial charge in [0.1, 0.15) is 12.6 Å². The second-order valence-corrected chi connectivity index (χ2v) is 9.12. The number of carboxylic acid groups (broad SMARTS) is 1. The highest BCUT2D eigenvalue weighted by molar-refractivity contribution is 5.86. The van der Waals surface area contributed by atoms with Crippen molar-refractivity contribution in [2.45, 2.75) is 64.5 Å². The lowest BCUT2D eigenvalue weighted by atomic mass is 9.98. The Labute approximate surface area is 200 Å². The summed E-state index contributed by atoms with van der Waals surface area (Å²) in [5, 5.41) is 14.6. The molecular weight excluding hydrogens is 432 g/mol.